The molecule has 0 radical (unpaired) electrons. The highest BCUT2D eigenvalue weighted by Gasteiger charge is 2.19. The summed E-state index contributed by atoms with van der Waals surface area (Å²) in [4.78, 5) is 46.7. The van der Waals surface area contributed by atoms with Gasteiger partial charge in [-0.05, 0) is 88.9 Å². The fourth-order valence-corrected chi connectivity index (χ4v) is 7.13. The van der Waals surface area contributed by atoms with Crippen molar-refractivity contribution < 1.29 is 14.7 Å². The van der Waals surface area contributed by atoms with E-state index in [1.54, 1.807) is 30.1 Å². The molecule has 1 fully saturated rings. The average molecular weight is 705 g/mol. The molecular formula is C38H36N6O4S2. The molecule has 1 saturated heterocycles. The number of carboxylic acid groups (broad SMARTS) is 1. The first kappa shape index (κ1) is 34.7. The van der Waals surface area contributed by atoms with E-state index in [1.165, 1.54) is 11.1 Å². The second-order valence-electron chi connectivity index (χ2n) is 11.6. The summed E-state index contributed by atoms with van der Waals surface area (Å²) in [7, 11) is 0. The fraction of sp³-hybridized carbons (Fsp3) is 0.184. The van der Waals surface area contributed by atoms with E-state index in [2.05, 4.69) is 48.2 Å². The molecule has 0 spiro atoms. The van der Waals surface area contributed by atoms with Crippen LogP contribution >= 0.6 is 23.7 Å². The molecule has 12 heteroatoms. The van der Waals surface area contributed by atoms with Gasteiger partial charge in [-0.25, -0.2) is 4.79 Å². The number of piperazine rings is 1. The van der Waals surface area contributed by atoms with E-state index in [4.69, 9.17) is 0 Å². The Morgan fingerprint density at radius 1 is 0.820 bits per heavy atom. The van der Waals surface area contributed by atoms with Crippen LogP contribution in [0.1, 0.15) is 26.3 Å². The Bertz CT molecular complexity index is 1940. The summed E-state index contributed by atoms with van der Waals surface area (Å²) in [5, 5.41) is 15.9. The lowest BCUT2D eigenvalue weighted by Gasteiger charge is -2.36. The van der Waals surface area contributed by atoms with Gasteiger partial charge in [-0.2, -0.15) is 0 Å². The number of aromatic carboxylic acids is 1. The number of nitroso groups, excluding NO2 is 1. The Hall–Kier alpha value is -5.17. The summed E-state index contributed by atoms with van der Waals surface area (Å²) in [5.41, 5.74) is 5.62. The third kappa shape index (κ3) is 9.08. The largest absolute Gasteiger partial charge is 0.478 e. The van der Waals surface area contributed by atoms with Crippen molar-refractivity contribution in [1.29, 1.82) is 0 Å². The highest BCUT2D eigenvalue weighted by atomic mass is 32.2. The molecule has 0 aliphatic carbocycles. The third-order valence-electron chi connectivity index (χ3n) is 8.33. The van der Waals surface area contributed by atoms with Gasteiger partial charge < -0.3 is 15.3 Å². The van der Waals surface area contributed by atoms with Gasteiger partial charge >= 0.3 is 5.97 Å². The van der Waals surface area contributed by atoms with E-state index < -0.39 is 5.97 Å². The monoisotopic (exact) mass is 704 g/mol. The van der Waals surface area contributed by atoms with Crippen LogP contribution in [0.3, 0.4) is 0 Å². The molecular weight excluding hydrogens is 669 g/mol. The molecule has 1 aliphatic rings. The Balaban J connectivity index is 0.971. The fourth-order valence-electron chi connectivity index (χ4n) is 5.71. The number of pyridine rings is 1. The van der Waals surface area contributed by atoms with Gasteiger partial charge in [0.15, 0.2) is 0 Å². The summed E-state index contributed by atoms with van der Waals surface area (Å²) in [6.07, 6.45) is 3.07. The quantitative estimate of drug-likeness (QED) is 0.0456. The second kappa shape index (κ2) is 17.0. The number of carbonyl (C=O) groups excluding carboxylic acids is 1. The number of amides is 1. The van der Waals surface area contributed by atoms with E-state index in [1.807, 2.05) is 72.8 Å². The van der Waals surface area contributed by atoms with Crippen LogP contribution in [0.2, 0.25) is 0 Å². The highest BCUT2D eigenvalue weighted by molar-refractivity contribution is 7.99. The van der Waals surface area contributed by atoms with Crippen LogP contribution < -0.4 is 14.9 Å². The average Bonchev–Trinajstić information content (AvgIpc) is 3.17. The number of hydrogen-bond donors (Lipinski definition) is 3. The summed E-state index contributed by atoms with van der Waals surface area (Å²) >= 11 is 2.88. The molecule has 2 heterocycles. The van der Waals surface area contributed by atoms with Gasteiger partial charge in [-0.3, -0.25) is 19.4 Å². The van der Waals surface area contributed by atoms with Gasteiger partial charge in [0.2, 0.25) is 0 Å². The van der Waals surface area contributed by atoms with Crippen molar-refractivity contribution in [2.45, 2.75) is 16.3 Å². The first-order valence-electron chi connectivity index (χ1n) is 16.2. The maximum atomic E-state index is 12.9. The number of carboxylic acids is 1. The van der Waals surface area contributed by atoms with Crippen molar-refractivity contribution in [1.82, 2.24) is 14.6 Å². The van der Waals surface area contributed by atoms with Crippen molar-refractivity contribution in [3.63, 3.8) is 0 Å². The minimum atomic E-state index is -0.994. The van der Waals surface area contributed by atoms with Gasteiger partial charge in [0.1, 0.15) is 5.69 Å². The van der Waals surface area contributed by atoms with Crippen LogP contribution in [0.5, 0.6) is 0 Å². The lowest BCUT2D eigenvalue weighted by atomic mass is 9.99. The molecule has 5 aromatic rings. The Morgan fingerprint density at radius 2 is 1.58 bits per heavy atom. The standard InChI is InChI=1S/C38H36N6O4S2/c45-37(42-50-33-14-15-35(36(23-33)41-48)40-16-21-49-32-7-2-1-3-8-32)27-10-12-31(13-11-27)44-19-17-43(18-20-44)26-28-6-4-5-9-34(28)29-22-30(38(46)47)25-39-24-29/h1-15,22-25,40H,16-21,26H2,(H,42,45)(H,46,47). The predicted molar refractivity (Wildman–Crippen MR) is 201 cm³/mol. The van der Waals surface area contributed by atoms with Crippen LogP contribution in [0, 0.1) is 4.91 Å². The number of carbonyl (C=O) groups is 2. The summed E-state index contributed by atoms with van der Waals surface area (Å²) in [6.45, 7) is 4.82. The van der Waals surface area contributed by atoms with E-state index in [-0.39, 0.29) is 11.5 Å². The zero-order valence-electron chi connectivity index (χ0n) is 27.2. The van der Waals surface area contributed by atoms with Gasteiger partial charge in [0.25, 0.3) is 5.91 Å². The maximum absolute atomic E-state index is 12.9. The molecule has 1 aliphatic heterocycles. The number of anilines is 2. The van der Waals surface area contributed by atoms with Crippen molar-refractivity contribution in [3.05, 3.63) is 137 Å². The van der Waals surface area contributed by atoms with Gasteiger partial charge in [-0.15, -0.1) is 16.7 Å². The Kier molecular flexibility index (Phi) is 11.8. The number of nitrogens with one attached hydrogen (secondary N) is 2. The van der Waals surface area contributed by atoms with Crippen LogP contribution in [0.4, 0.5) is 17.1 Å². The highest BCUT2D eigenvalue weighted by Crippen LogP contribution is 2.31. The molecule has 4 aromatic carbocycles. The summed E-state index contributed by atoms with van der Waals surface area (Å²) in [6, 6.07) is 32.8. The summed E-state index contributed by atoms with van der Waals surface area (Å²) in [5.74, 6) is -0.382. The number of thioether (sulfide) groups is 1. The zero-order valence-corrected chi connectivity index (χ0v) is 28.8. The molecule has 0 atom stereocenters. The van der Waals surface area contributed by atoms with Crippen LogP contribution in [0.25, 0.3) is 11.1 Å². The number of hydrogen-bond acceptors (Lipinski definition) is 10. The number of rotatable bonds is 14. The second-order valence-corrected chi connectivity index (χ2v) is 13.7. The van der Waals surface area contributed by atoms with Crippen molar-refractivity contribution >= 4 is 52.6 Å². The number of nitrogens with zero attached hydrogens (tertiary/aromatic N) is 4. The molecule has 10 nitrogen and oxygen atoms in total. The molecule has 1 aromatic heterocycles. The Labute approximate surface area is 299 Å². The van der Waals surface area contributed by atoms with E-state index >= 15 is 0 Å². The van der Waals surface area contributed by atoms with E-state index in [9.17, 15) is 19.6 Å². The number of aromatic nitrogens is 1. The van der Waals surface area contributed by atoms with Crippen molar-refractivity contribution in [3.8, 4) is 11.1 Å². The minimum absolute atomic E-state index is 0.169. The van der Waals surface area contributed by atoms with Gasteiger partial charge in [0, 0.05) is 84.0 Å². The smallest absolute Gasteiger partial charge is 0.337 e. The molecule has 254 valence electrons. The molecule has 50 heavy (non-hydrogen) atoms. The van der Waals surface area contributed by atoms with Crippen molar-refractivity contribution in [2.24, 2.45) is 5.18 Å². The number of benzene rings is 4. The normalized spacial score (nSPS) is 13.1. The SMILES string of the molecule is O=Nc1cc(SNC(=O)c2ccc(N3CCN(Cc4ccccc4-c4cncc(C(=O)O)c4)CC3)cc2)ccc1NCCSc1ccccc1. The minimum Gasteiger partial charge on any atom is -0.478 e. The topological polar surface area (TPSA) is 127 Å². The third-order valence-corrected chi connectivity index (χ3v) is 10.1. The zero-order chi connectivity index (χ0) is 34.7. The molecule has 0 bridgehead atoms. The first-order chi connectivity index (χ1) is 24.5. The first-order valence-corrected chi connectivity index (χ1v) is 18.0. The van der Waals surface area contributed by atoms with Crippen LogP contribution in [0.15, 0.2) is 130 Å². The maximum Gasteiger partial charge on any atom is 0.337 e. The lowest BCUT2D eigenvalue weighted by Crippen LogP contribution is -2.46. The van der Waals surface area contributed by atoms with Crippen molar-refractivity contribution in [2.75, 3.05) is 48.7 Å². The summed E-state index contributed by atoms with van der Waals surface area (Å²) < 4.78 is 2.87. The molecule has 3 N–H and O–H groups in total. The van der Waals surface area contributed by atoms with Crippen LogP contribution in [-0.2, 0) is 6.54 Å². The molecule has 0 saturated carbocycles. The van der Waals surface area contributed by atoms with E-state index in [0.29, 0.717) is 28.4 Å². The molecule has 6 rings (SSSR count). The predicted octanol–water partition coefficient (Wildman–Crippen LogP) is 7.81. The lowest BCUT2D eigenvalue weighted by molar-refractivity contribution is 0.0696. The molecule has 1 amide bonds. The van der Waals surface area contributed by atoms with Gasteiger partial charge in [-0.1, -0.05) is 42.5 Å². The molecule has 0 unspecified atom stereocenters. The Morgan fingerprint density at radius 3 is 2.34 bits per heavy atom. The van der Waals surface area contributed by atoms with Gasteiger partial charge in [0.05, 0.1) is 11.3 Å². The van der Waals surface area contributed by atoms with E-state index in [0.717, 1.165) is 72.8 Å². The van der Waals surface area contributed by atoms with Crippen LogP contribution in [-0.4, -0.2) is 65.3 Å².